The van der Waals surface area contributed by atoms with Crippen LogP contribution in [0.3, 0.4) is 0 Å². The minimum absolute atomic E-state index is 0.0681. The van der Waals surface area contributed by atoms with Crippen molar-refractivity contribution in [3.63, 3.8) is 0 Å². The Kier molecular flexibility index (Phi) is 7.28. The second-order valence-electron chi connectivity index (χ2n) is 4.55. The van der Waals surface area contributed by atoms with E-state index in [4.69, 9.17) is 4.74 Å². The van der Waals surface area contributed by atoms with Crippen molar-refractivity contribution in [2.75, 3.05) is 30.9 Å². The third kappa shape index (κ3) is 6.09. The molecule has 1 heterocycles. The first kappa shape index (κ1) is 18.2. The molecule has 0 spiro atoms. The summed E-state index contributed by atoms with van der Waals surface area (Å²) in [6.45, 7) is 3.13. The highest BCUT2D eigenvalue weighted by molar-refractivity contribution is 9.10. The first-order valence-electron chi connectivity index (χ1n) is 6.88. The van der Waals surface area contributed by atoms with Crippen molar-refractivity contribution in [2.45, 2.75) is 16.5 Å². The molecule has 1 aromatic heterocycles. The van der Waals surface area contributed by atoms with Gasteiger partial charge in [0.15, 0.2) is 4.34 Å². The fraction of sp³-hybridized carbons (Fsp3) is 0.357. The Labute approximate surface area is 151 Å². The minimum Gasteiger partial charge on any atom is -0.383 e. The van der Waals surface area contributed by atoms with Gasteiger partial charge in [-0.25, -0.2) is 0 Å². The van der Waals surface area contributed by atoms with Gasteiger partial charge in [-0.2, -0.15) is 0 Å². The van der Waals surface area contributed by atoms with E-state index in [0.29, 0.717) is 13.2 Å². The first-order chi connectivity index (χ1) is 11.1. The molecule has 0 aliphatic rings. The Balaban J connectivity index is 1.84. The molecular formula is C14H17BrN4O2S2. The smallest absolute Gasteiger partial charge is 0.237 e. The maximum atomic E-state index is 12.2. The molecule has 23 heavy (non-hydrogen) atoms. The van der Waals surface area contributed by atoms with Crippen LogP contribution in [0.2, 0.25) is 0 Å². The maximum Gasteiger partial charge on any atom is 0.237 e. The normalized spacial score (nSPS) is 12.0. The lowest BCUT2D eigenvalue weighted by molar-refractivity contribution is -0.115. The van der Waals surface area contributed by atoms with Gasteiger partial charge in [-0.3, -0.25) is 4.79 Å². The highest BCUT2D eigenvalue weighted by Crippen LogP contribution is 2.29. The SMILES string of the molecule is COCCNc1nnc(SC(C)C(=O)Nc2ccc(Br)cc2)s1. The topological polar surface area (TPSA) is 76.1 Å². The molecule has 0 saturated carbocycles. The first-order valence-corrected chi connectivity index (χ1v) is 9.37. The van der Waals surface area contributed by atoms with Gasteiger partial charge in [0.1, 0.15) is 0 Å². The molecule has 2 N–H and O–H groups in total. The average Bonchev–Trinajstić information content (AvgIpc) is 2.97. The highest BCUT2D eigenvalue weighted by Gasteiger charge is 2.17. The second kappa shape index (κ2) is 9.21. The van der Waals surface area contributed by atoms with E-state index >= 15 is 0 Å². The summed E-state index contributed by atoms with van der Waals surface area (Å²) in [7, 11) is 1.65. The number of nitrogens with one attached hydrogen (secondary N) is 2. The summed E-state index contributed by atoms with van der Waals surface area (Å²) in [4.78, 5) is 12.2. The van der Waals surface area contributed by atoms with E-state index in [1.165, 1.54) is 23.1 Å². The van der Waals surface area contributed by atoms with Gasteiger partial charge in [0.25, 0.3) is 0 Å². The van der Waals surface area contributed by atoms with Crippen molar-refractivity contribution < 1.29 is 9.53 Å². The fourth-order valence-corrected chi connectivity index (χ4v) is 3.76. The van der Waals surface area contributed by atoms with Crippen LogP contribution in [0.25, 0.3) is 0 Å². The molecule has 1 aromatic carbocycles. The highest BCUT2D eigenvalue weighted by atomic mass is 79.9. The predicted molar refractivity (Wildman–Crippen MR) is 98.4 cm³/mol. The second-order valence-corrected chi connectivity index (χ2v) is 8.03. The van der Waals surface area contributed by atoms with Crippen LogP contribution in [0.15, 0.2) is 33.1 Å². The molecule has 124 valence electrons. The van der Waals surface area contributed by atoms with Crippen LogP contribution in [-0.4, -0.2) is 41.6 Å². The van der Waals surface area contributed by atoms with Crippen LogP contribution >= 0.6 is 39.0 Å². The Bertz CT molecular complexity index is 636. The van der Waals surface area contributed by atoms with Crippen LogP contribution in [0, 0.1) is 0 Å². The number of rotatable bonds is 8. The van der Waals surface area contributed by atoms with E-state index in [1.54, 1.807) is 7.11 Å². The van der Waals surface area contributed by atoms with Crippen LogP contribution in [0.4, 0.5) is 10.8 Å². The fourth-order valence-electron chi connectivity index (χ4n) is 1.57. The molecule has 0 aliphatic heterocycles. The molecule has 1 amide bonds. The Hall–Kier alpha value is -1.16. The molecule has 0 aliphatic carbocycles. The van der Waals surface area contributed by atoms with E-state index in [-0.39, 0.29) is 11.2 Å². The largest absolute Gasteiger partial charge is 0.383 e. The molecule has 0 fully saturated rings. The summed E-state index contributed by atoms with van der Waals surface area (Å²) < 4.78 is 6.69. The molecule has 9 heteroatoms. The number of methoxy groups -OCH3 is 1. The predicted octanol–water partition coefficient (Wildman–Crippen LogP) is 3.48. The molecule has 1 unspecified atom stereocenters. The number of nitrogens with zero attached hydrogens (tertiary/aromatic N) is 2. The summed E-state index contributed by atoms with van der Waals surface area (Å²) in [5, 5.41) is 14.6. The number of anilines is 2. The summed E-state index contributed by atoms with van der Waals surface area (Å²) >= 11 is 6.18. The Morgan fingerprint density at radius 2 is 2.13 bits per heavy atom. The number of ether oxygens (including phenoxy) is 1. The molecule has 0 bridgehead atoms. The van der Waals surface area contributed by atoms with Crippen molar-refractivity contribution in [2.24, 2.45) is 0 Å². The van der Waals surface area contributed by atoms with Crippen molar-refractivity contribution >= 4 is 55.8 Å². The number of benzene rings is 1. The van der Waals surface area contributed by atoms with Gasteiger partial charge in [0.05, 0.1) is 11.9 Å². The lowest BCUT2D eigenvalue weighted by atomic mass is 10.3. The maximum absolute atomic E-state index is 12.2. The monoisotopic (exact) mass is 416 g/mol. The van der Waals surface area contributed by atoms with E-state index in [2.05, 4.69) is 36.8 Å². The molecule has 6 nitrogen and oxygen atoms in total. The molecule has 2 rings (SSSR count). The van der Waals surface area contributed by atoms with Crippen LogP contribution < -0.4 is 10.6 Å². The Morgan fingerprint density at radius 3 is 2.83 bits per heavy atom. The number of hydrogen-bond acceptors (Lipinski definition) is 7. The number of carbonyl (C=O) groups excluding carboxylic acids is 1. The van der Waals surface area contributed by atoms with Gasteiger partial charge in [-0.05, 0) is 31.2 Å². The quantitative estimate of drug-likeness (QED) is 0.506. The van der Waals surface area contributed by atoms with E-state index in [9.17, 15) is 4.79 Å². The van der Waals surface area contributed by atoms with Crippen LogP contribution in [0.1, 0.15) is 6.92 Å². The third-order valence-corrected chi connectivity index (χ3v) is 5.34. The van der Waals surface area contributed by atoms with Gasteiger partial charge in [-0.15, -0.1) is 10.2 Å². The summed E-state index contributed by atoms with van der Waals surface area (Å²) in [5.41, 5.74) is 0.768. The summed E-state index contributed by atoms with van der Waals surface area (Å²) in [5.74, 6) is -0.0681. The van der Waals surface area contributed by atoms with Gasteiger partial charge >= 0.3 is 0 Å². The minimum atomic E-state index is -0.265. The molecule has 0 saturated heterocycles. The molecule has 2 aromatic rings. The number of halogens is 1. The number of thioether (sulfide) groups is 1. The number of carbonyl (C=O) groups is 1. The van der Waals surface area contributed by atoms with E-state index in [1.807, 2.05) is 31.2 Å². The van der Waals surface area contributed by atoms with Crippen molar-refractivity contribution in [1.29, 1.82) is 0 Å². The van der Waals surface area contributed by atoms with E-state index < -0.39 is 0 Å². The lowest BCUT2D eigenvalue weighted by Gasteiger charge is -2.10. The molecule has 0 radical (unpaired) electrons. The van der Waals surface area contributed by atoms with Gasteiger partial charge in [0, 0.05) is 23.8 Å². The van der Waals surface area contributed by atoms with Gasteiger partial charge < -0.3 is 15.4 Å². The summed E-state index contributed by atoms with van der Waals surface area (Å²) in [6, 6.07) is 7.47. The zero-order valence-electron chi connectivity index (χ0n) is 12.7. The van der Waals surface area contributed by atoms with Crippen LogP contribution in [0.5, 0.6) is 0 Å². The Morgan fingerprint density at radius 1 is 1.39 bits per heavy atom. The molecular weight excluding hydrogens is 400 g/mol. The number of hydrogen-bond donors (Lipinski definition) is 2. The summed E-state index contributed by atoms with van der Waals surface area (Å²) in [6.07, 6.45) is 0. The molecule has 1 atom stereocenters. The van der Waals surface area contributed by atoms with Crippen LogP contribution in [-0.2, 0) is 9.53 Å². The van der Waals surface area contributed by atoms with Crippen molar-refractivity contribution in [3.8, 4) is 0 Å². The number of amides is 1. The zero-order chi connectivity index (χ0) is 16.7. The zero-order valence-corrected chi connectivity index (χ0v) is 15.9. The average molecular weight is 417 g/mol. The van der Waals surface area contributed by atoms with Gasteiger partial charge in [0.2, 0.25) is 11.0 Å². The third-order valence-electron chi connectivity index (χ3n) is 2.75. The standard InChI is InChI=1S/C14H17BrN4O2S2/c1-9(12(20)17-11-5-3-10(15)4-6-11)22-14-19-18-13(23-14)16-7-8-21-2/h3-6,9H,7-8H2,1-2H3,(H,16,18)(H,17,20). The number of aromatic nitrogens is 2. The van der Waals surface area contributed by atoms with E-state index in [0.717, 1.165) is 19.6 Å². The van der Waals surface area contributed by atoms with Crippen molar-refractivity contribution in [3.05, 3.63) is 28.7 Å². The van der Waals surface area contributed by atoms with Gasteiger partial charge in [-0.1, -0.05) is 39.0 Å². The lowest BCUT2D eigenvalue weighted by Crippen LogP contribution is -2.22. The van der Waals surface area contributed by atoms with Crippen molar-refractivity contribution in [1.82, 2.24) is 10.2 Å².